The van der Waals surface area contributed by atoms with E-state index in [9.17, 15) is 4.79 Å². The van der Waals surface area contributed by atoms with E-state index in [4.69, 9.17) is 0 Å². The molecule has 0 saturated carbocycles. The van der Waals surface area contributed by atoms with Gasteiger partial charge in [0.1, 0.15) is 17.8 Å². The van der Waals surface area contributed by atoms with E-state index in [1.54, 1.807) is 6.07 Å². The van der Waals surface area contributed by atoms with Gasteiger partial charge in [-0.2, -0.15) is 0 Å². The highest BCUT2D eigenvalue weighted by Gasteiger charge is 2.07. The number of nitrogens with one attached hydrogen (secondary N) is 2. The van der Waals surface area contributed by atoms with Crippen molar-refractivity contribution in [3.63, 3.8) is 0 Å². The molecule has 0 fully saturated rings. The number of nitrogens with zero attached hydrogens (tertiary/aromatic N) is 2. The number of hydrogen-bond donors (Lipinski definition) is 2. The van der Waals surface area contributed by atoms with Gasteiger partial charge >= 0.3 is 0 Å². The van der Waals surface area contributed by atoms with E-state index < -0.39 is 0 Å². The fraction of sp³-hybridized carbons (Fsp3) is 0.667. The van der Waals surface area contributed by atoms with Crippen LogP contribution in [0.5, 0.6) is 0 Å². The average molecular weight is 278 g/mol. The maximum atomic E-state index is 11.9. The highest BCUT2D eigenvalue weighted by molar-refractivity contribution is 5.92. The van der Waals surface area contributed by atoms with Crippen LogP contribution in [-0.2, 0) is 0 Å². The first kappa shape index (κ1) is 16.4. The summed E-state index contributed by atoms with van der Waals surface area (Å²) in [6.07, 6.45) is 8.22. The molecule has 0 bridgehead atoms. The molecule has 0 radical (unpaired) electrons. The molecule has 0 unspecified atom stereocenters. The third-order valence-electron chi connectivity index (χ3n) is 3.05. The zero-order valence-electron chi connectivity index (χ0n) is 12.6. The molecular weight excluding hydrogens is 252 g/mol. The van der Waals surface area contributed by atoms with Crippen molar-refractivity contribution >= 4 is 11.7 Å². The summed E-state index contributed by atoms with van der Waals surface area (Å²) in [5.41, 5.74) is 0.425. The Morgan fingerprint density at radius 1 is 1.05 bits per heavy atom. The number of carbonyl (C=O) groups is 1. The molecule has 2 N–H and O–H groups in total. The standard InChI is InChI=1S/C15H26N4O/c1-3-5-7-9-16-14-11-13(18-12-19-14)15(20)17-10-8-6-4-2/h11-12H,3-10H2,1-2H3,(H,17,20)(H,16,18,19). The van der Waals surface area contributed by atoms with Gasteiger partial charge in [0, 0.05) is 19.2 Å². The Kier molecular flexibility index (Phi) is 8.35. The molecule has 1 aromatic heterocycles. The predicted molar refractivity (Wildman–Crippen MR) is 81.9 cm³/mol. The summed E-state index contributed by atoms with van der Waals surface area (Å²) in [4.78, 5) is 20.1. The second-order valence-electron chi connectivity index (χ2n) is 4.89. The molecule has 1 aromatic rings. The molecule has 1 amide bonds. The van der Waals surface area contributed by atoms with Crippen molar-refractivity contribution in [3.05, 3.63) is 18.1 Å². The van der Waals surface area contributed by atoms with E-state index in [-0.39, 0.29) is 5.91 Å². The molecule has 0 aromatic carbocycles. The molecule has 112 valence electrons. The average Bonchev–Trinajstić information content (AvgIpc) is 2.48. The first-order chi connectivity index (χ1) is 9.77. The van der Waals surface area contributed by atoms with Gasteiger partial charge in [0.25, 0.3) is 5.91 Å². The first-order valence-corrected chi connectivity index (χ1v) is 7.62. The van der Waals surface area contributed by atoms with Crippen molar-refractivity contribution in [1.29, 1.82) is 0 Å². The number of hydrogen-bond acceptors (Lipinski definition) is 4. The first-order valence-electron chi connectivity index (χ1n) is 7.62. The molecule has 0 aliphatic rings. The second-order valence-corrected chi connectivity index (χ2v) is 4.89. The topological polar surface area (TPSA) is 66.9 Å². The van der Waals surface area contributed by atoms with Crippen molar-refractivity contribution < 1.29 is 4.79 Å². The van der Waals surface area contributed by atoms with Crippen LogP contribution in [0.4, 0.5) is 5.82 Å². The van der Waals surface area contributed by atoms with Crippen LogP contribution in [0.1, 0.15) is 62.9 Å². The van der Waals surface area contributed by atoms with Crippen molar-refractivity contribution in [2.45, 2.75) is 52.4 Å². The molecule has 0 aliphatic carbocycles. The minimum Gasteiger partial charge on any atom is -0.370 e. The Morgan fingerprint density at radius 2 is 1.75 bits per heavy atom. The van der Waals surface area contributed by atoms with Crippen molar-refractivity contribution in [2.24, 2.45) is 0 Å². The van der Waals surface area contributed by atoms with Gasteiger partial charge in [-0.05, 0) is 12.8 Å². The Hall–Kier alpha value is -1.65. The van der Waals surface area contributed by atoms with Gasteiger partial charge in [-0.1, -0.05) is 39.5 Å². The highest BCUT2D eigenvalue weighted by Crippen LogP contribution is 2.05. The van der Waals surface area contributed by atoms with Gasteiger partial charge in [-0.3, -0.25) is 4.79 Å². The Labute approximate surface area is 121 Å². The summed E-state index contributed by atoms with van der Waals surface area (Å²) in [6.45, 7) is 5.90. The maximum Gasteiger partial charge on any atom is 0.270 e. The minimum atomic E-state index is -0.125. The zero-order chi connectivity index (χ0) is 14.6. The van der Waals surface area contributed by atoms with Gasteiger partial charge < -0.3 is 10.6 Å². The van der Waals surface area contributed by atoms with Crippen molar-refractivity contribution in [2.75, 3.05) is 18.4 Å². The maximum absolute atomic E-state index is 11.9. The molecule has 1 heterocycles. The van der Waals surface area contributed by atoms with E-state index in [1.807, 2.05) is 0 Å². The molecule has 5 nitrogen and oxygen atoms in total. The SMILES string of the molecule is CCCCCNC(=O)c1cc(NCCCCC)ncn1. The second kappa shape index (κ2) is 10.2. The van der Waals surface area contributed by atoms with E-state index in [1.165, 1.54) is 19.2 Å². The highest BCUT2D eigenvalue weighted by atomic mass is 16.1. The quantitative estimate of drug-likeness (QED) is 0.646. The Balaban J connectivity index is 2.39. The summed E-state index contributed by atoms with van der Waals surface area (Å²) < 4.78 is 0. The molecule has 0 spiro atoms. The molecule has 0 atom stereocenters. The number of amides is 1. The largest absolute Gasteiger partial charge is 0.370 e. The molecular formula is C15H26N4O. The lowest BCUT2D eigenvalue weighted by atomic mass is 10.2. The van der Waals surface area contributed by atoms with Crippen LogP contribution in [0.2, 0.25) is 0 Å². The Morgan fingerprint density at radius 3 is 2.45 bits per heavy atom. The van der Waals surface area contributed by atoms with E-state index in [2.05, 4.69) is 34.4 Å². The van der Waals surface area contributed by atoms with Crippen LogP contribution in [-0.4, -0.2) is 29.0 Å². The summed E-state index contributed by atoms with van der Waals surface area (Å²) in [7, 11) is 0. The predicted octanol–water partition coefficient (Wildman–Crippen LogP) is 3.00. The normalized spacial score (nSPS) is 10.3. The Bertz CT molecular complexity index is 395. The summed E-state index contributed by atoms with van der Waals surface area (Å²) in [5.74, 6) is 0.593. The lowest BCUT2D eigenvalue weighted by Gasteiger charge is -2.07. The lowest BCUT2D eigenvalue weighted by Crippen LogP contribution is -2.25. The van der Waals surface area contributed by atoms with E-state index >= 15 is 0 Å². The molecule has 1 rings (SSSR count). The number of carbonyl (C=O) groups excluding carboxylic acids is 1. The smallest absolute Gasteiger partial charge is 0.270 e. The van der Waals surface area contributed by atoms with E-state index in [0.29, 0.717) is 12.2 Å². The molecule has 0 aliphatic heterocycles. The number of rotatable bonds is 10. The van der Waals surface area contributed by atoms with Crippen LogP contribution < -0.4 is 10.6 Å². The fourth-order valence-electron chi connectivity index (χ4n) is 1.84. The van der Waals surface area contributed by atoms with Gasteiger partial charge in [-0.15, -0.1) is 0 Å². The minimum absolute atomic E-state index is 0.125. The monoisotopic (exact) mass is 278 g/mol. The van der Waals surface area contributed by atoms with Gasteiger partial charge in [0.2, 0.25) is 0 Å². The fourth-order valence-corrected chi connectivity index (χ4v) is 1.84. The van der Waals surface area contributed by atoms with Gasteiger partial charge in [0.15, 0.2) is 0 Å². The van der Waals surface area contributed by atoms with Crippen LogP contribution in [0.25, 0.3) is 0 Å². The van der Waals surface area contributed by atoms with Gasteiger partial charge in [0.05, 0.1) is 0 Å². The van der Waals surface area contributed by atoms with Crippen LogP contribution >= 0.6 is 0 Å². The van der Waals surface area contributed by atoms with Gasteiger partial charge in [-0.25, -0.2) is 9.97 Å². The van der Waals surface area contributed by atoms with E-state index in [0.717, 1.165) is 38.0 Å². The van der Waals surface area contributed by atoms with Crippen LogP contribution in [0.15, 0.2) is 12.4 Å². The van der Waals surface area contributed by atoms with Crippen molar-refractivity contribution in [1.82, 2.24) is 15.3 Å². The third kappa shape index (κ3) is 6.50. The van der Waals surface area contributed by atoms with Crippen LogP contribution in [0.3, 0.4) is 0 Å². The number of unbranched alkanes of at least 4 members (excludes halogenated alkanes) is 4. The van der Waals surface area contributed by atoms with Crippen molar-refractivity contribution in [3.8, 4) is 0 Å². The molecule has 5 heteroatoms. The number of anilines is 1. The summed E-state index contributed by atoms with van der Waals surface area (Å²) in [6, 6.07) is 1.71. The molecule has 0 saturated heterocycles. The zero-order valence-corrected chi connectivity index (χ0v) is 12.6. The third-order valence-corrected chi connectivity index (χ3v) is 3.05. The molecule has 20 heavy (non-hydrogen) atoms. The summed E-state index contributed by atoms with van der Waals surface area (Å²) in [5, 5.41) is 6.10. The number of aromatic nitrogens is 2. The summed E-state index contributed by atoms with van der Waals surface area (Å²) >= 11 is 0. The van der Waals surface area contributed by atoms with Crippen LogP contribution in [0, 0.1) is 0 Å². The lowest BCUT2D eigenvalue weighted by molar-refractivity contribution is 0.0948.